The molecule has 2 N–H and O–H groups in total. The number of benzene rings is 2. The molecule has 1 atom stereocenters. The first-order valence-electron chi connectivity index (χ1n) is 10.5. The fourth-order valence-corrected chi connectivity index (χ4v) is 3.29. The van der Waals surface area contributed by atoms with Gasteiger partial charge in [-0.2, -0.15) is 0 Å². The van der Waals surface area contributed by atoms with Crippen molar-refractivity contribution >= 4 is 11.6 Å². The van der Waals surface area contributed by atoms with Gasteiger partial charge in [0.05, 0.1) is 0 Å². The number of amides is 1. The van der Waals surface area contributed by atoms with Crippen molar-refractivity contribution in [2.45, 2.75) is 26.3 Å². The van der Waals surface area contributed by atoms with E-state index in [2.05, 4.69) is 73.7 Å². The van der Waals surface area contributed by atoms with E-state index in [4.69, 9.17) is 0 Å². The fraction of sp³-hybridized carbons (Fsp3) is 0.296. The standard InChI is InChI=1S/C27H33N3O/c1-19(2)18-24-12-10-22(11-13-24)8-9-23-14-16-25(17-15-23)21(4)30(7)26(20(3)28-5)27(31)29-6/h10-17,19,26,28H,3-4,18H2,1-2,5-7H3,(H,29,31). The van der Waals surface area contributed by atoms with E-state index in [1.54, 1.807) is 14.1 Å². The molecule has 4 nitrogen and oxygen atoms in total. The number of nitrogens with one attached hydrogen (secondary N) is 2. The second-order valence-corrected chi connectivity index (χ2v) is 7.97. The molecule has 0 saturated carbocycles. The van der Waals surface area contributed by atoms with E-state index in [0.29, 0.717) is 11.6 Å². The lowest BCUT2D eigenvalue weighted by Gasteiger charge is -2.31. The smallest absolute Gasteiger partial charge is 0.248 e. The van der Waals surface area contributed by atoms with Crippen LogP contribution in [0.1, 0.15) is 36.1 Å². The highest BCUT2D eigenvalue weighted by Gasteiger charge is 2.26. The van der Waals surface area contributed by atoms with Gasteiger partial charge in [-0.1, -0.05) is 63.1 Å². The molecule has 0 aromatic heterocycles. The average molecular weight is 416 g/mol. The second-order valence-electron chi connectivity index (χ2n) is 7.97. The highest BCUT2D eigenvalue weighted by molar-refractivity contribution is 5.86. The molecule has 1 unspecified atom stereocenters. The van der Waals surface area contributed by atoms with Crippen LogP contribution >= 0.6 is 0 Å². The SMILES string of the molecule is C=C(NC)C(C(=O)NC)N(C)C(=C)c1ccc(C#Cc2ccc(CC(C)C)cc2)cc1. The van der Waals surface area contributed by atoms with Crippen molar-refractivity contribution in [2.75, 3.05) is 21.1 Å². The van der Waals surface area contributed by atoms with Gasteiger partial charge in [-0.15, -0.1) is 0 Å². The maximum Gasteiger partial charge on any atom is 0.248 e. The average Bonchev–Trinajstić information content (AvgIpc) is 2.77. The number of rotatable bonds is 8. The van der Waals surface area contributed by atoms with Crippen molar-refractivity contribution in [1.29, 1.82) is 0 Å². The van der Waals surface area contributed by atoms with Gasteiger partial charge in [0.15, 0.2) is 0 Å². The molecule has 2 aromatic rings. The highest BCUT2D eigenvalue weighted by Crippen LogP contribution is 2.21. The topological polar surface area (TPSA) is 44.4 Å². The molecule has 4 heteroatoms. The number of carbonyl (C=O) groups is 1. The summed E-state index contributed by atoms with van der Waals surface area (Å²) in [4.78, 5) is 14.1. The number of nitrogens with zero attached hydrogens (tertiary/aromatic N) is 1. The van der Waals surface area contributed by atoms with Crippen molar-refractivity contribution in [3.05, 3.63) is 89.6 Å². The van der Waals surface area contributed by atoms with Gasteiger partial charge in [-0.05, 0) is 47.7 Å². The van der Waals surface area contributed by atoms with Gasteiger partial charge in [0.2, 0.25) is 5.91 Å². The van der Waals surface area contributed by atoms with Crippen molar-refractivity contribution in [2.24, 2.45) is 5.92 Å². The molecule has 2 aromatic carbocycles. The summed E-state index contributed by atoms with van der Waals surface area (Å²) in [7, 11) is 5.20. The Labute approximate surface area is 187 Å². The molecule has 0 heterocycles. The van der Waals surface area contributed by atoms with Gasteiger partial charge in [0, 0.05) is 43.7 Å². The first kappa shape index (κ1) is 23.8. The summed E-state index contributed by atoms with van der Waals surface area (Å²) in [5.41, 5.74) is 5.51. The van der Waals surface area contributed by atoms with Crippen molar-refractivity contribution in [3.8, 4) is 11.8 Å². The molecule has 0 aliphatic heterocycles. The van der Waals surface area contributed by atoms with Crippen LogP contribution in [0.3, 0.4) is 0 Å². The third kappa shape index (κ3) is 6.52. The van der Waals surface area contributed by atoms with Crippen LogP contribution in [0.25, 0.3) is 5.70 Å². The highest BCUT2D eigenvalue weighted by atomic mass is 16.2. The summed E-state index contributed by atoms with van der Waals surface area (Å²) in [5.74, 6) is 6.93. The minimum atomic E-state index is -0.555. The van der Waals surface area contributed by atoms with E-state index in [0.717, 1.165) is 28.8 Å². The molecule has 0 saturated heterocycles. The third-order valence-corrected chi connectivity index (χ3v) is 5.13. The van der Waals surface area contributed by atoms with Crippen LogP contribution in [0.2, 0.25) is 0 Å². The Kier molecular flexibility index (Phi) is 8.52. The van der Waals surface area contributed by atoms with Crippen LogP contribution in [0.15, 0.2) is 67.4 Å². The zero-order valence-corrected chi connectivity index (χ0v) is 19.3. The summed E-state index contributed by atoms with van der Waals surface area (Å²) < 4.78 is 0. The summed E-state index contributed by atoms with van der Waals surface area (Å²) in [5, 5.41) is 5.65. The Morgan fingerprint density at radius 1 is 0.935 bits per heavy atom. The van der Waals surface area contributed by atoms with Crippen molar-refractivity contribution < 1.29 is 4.79 Å². The third-order valence-electron chi connectivity index (χ3n) is 5.13. The maximum absolute atomic E-state index is 12.3. The zero-order valence-electron chi connectivity index (χ0n) is 19.3. The molecular weight excluding hydrogens is 382 g/mol. The lowest BCUT2D eigenvalue weighted by atomic mass is 10.0. The largest absolute Gasteiger partial charge is 0.390 e. The molecule has 0 fully saturated rings. The molecule has 162 valence electrons. The molecule has 0 bridgehead atoms. The Balaban J connectivity index is 2.12. The molecular formula is C27H33N3O. The summed E-state index contributed by atoms with van der Waals surface area (Å²) in [6.45, 7) is 12.6. The molecule has 0 aliphatic rings. The van der Waals surface area contributed by atoms with Crippen LogP contribution in [0.4, 0.5) is 0 Å². The quantitative estimate of drug-likeness (QED) is 0.640. The van der Waals surface area contributed by atoms with Gasteiger partial charge >= 0.3 is 0 Å². The van der Waals surface area contributed by atoms with Crippen LogP contribution in [-0.4, -0.2) is 38.0 Å². The van der Waals surface area contributed by atoms with E-state index in [-0.39, 0.29) is 5.91 Å². The lowest BCUT2D eigenvalue weighted by Crippen LogP contribution is -2.46. The molecule has 31 heavy (non-hydrogen) atoms. The molecule has 2 rings (SSSR count). The van der Waals surface area contributed by atoms with Crippen molar-refractivity contribution in [3.63, 3.8) is 0 Å². The van der Waals surface area contributed by atoms with E-state index in [1.807, 2.05) is 36.2 Å². The van der Waals surface area contributed by atoms with E-state index >= 15 is 0 Å². The zero-order chi connectivity index (χ0) is 23.0. The summed E-state index contributed by atoms with van der Waals surface area (Å²) in [6.07, 6.45) is 1.08. The molecule has 0 spiro atoms. The Morgan fingerprint density at radius 2 is 1.45 bits per heavy atom. The lowest BCUT2D eigenvalue weighted by molar-refractivity contribution is -0.123. The van der Waals surface area contributed by atoms with Crippen LogP contribution in [0.5, 0.6) is 0 Å². The Hall–Kier alpha value is -3.45. The maximum atomic E-state index is 12.3. The van der Waals surface area contributed by atoms with Crippen LogP contribution < -0.4 is 10.6 Å². The normalized spacial score (nSPS) is 11.2. The van der Waals surface area contributed by atoms with Crippen molar-refractivity contribution in [1.82, 2.24) is 15.5 Å². The Bertz CT molecular complexity index is 960. The van der Waals surface area contributed by atoms with Crippen LogP contribution in [0, 0.1) is 17.8 Å². The first-order chi connectivity index (χ1) is 14.8. The summed E-state index contributed by atoms with van der Waals surface area (Å²) in [6, 6.07) is 15.8. The van der Waals surface area contributed by atoms with E-state index in [9.17, 15) is 4.79 Å². The number of hydrogen-bond donors (Lipinski definition) is 2. The molecule has 0 aliphatic carbocycles. The van der Waals surface area contributed by atoms with Gasteiger partial charge in [0.1, 0.15) is 6.04 Å². The number of likely N-dealkylation sites (N-methyl/N-ethyl adjacent to an activating group) is 3. The molecule has 1 amide bonds. The number of carbonyl (C=O) groups excluding carboxylic acids is 1. The molecule has 0 radical (unpaired) electrons. The van der Waals surface area contributed by atoms with Gasteiger partial charge in [-0.3, -0.25) is 4.79 Å². The minimum absolute atomic E-state index is 0.148. The predicted octanol–water partition coefficient (Wildman–Crippen LogP) is 4.04. The predicted molar refractivity (Wildman–Crippen MR) is 130 cm³/mol. The van der Waals surface area contributed by atoms with Gasteiger partial charge in [0.25, 0.3) is 0 Å². The monoisotopic (exact) mass is 415 g/mol. The number of hydrogen-bond acceptors (Lipinski definition) is 3. The van der Waals surface area contributed by atoms with Gasteiger partial charge in [-0.25, -0.2) is 0 Å². The second kappa shape index (κ2) is 11.1. The minimum Gasteiger partial charge on any atom is -0.390 e. The first-order valence-corrected chi connectivity index (χ1v) is 10.5. The fourth-order valence-electron chi connectivity index (χ4n) is 3.29. The van der Waals surface area contributed by atoms with E-state index < -0.39 is 6.04 Å². The van der Waals surface area contributed by atoms with E-state index in [1.165, 1.54) is 5.56 Å². The van der Waals surface area contributed by atoms with Gasteiger partial charge < -0.3 is 15.5 Å². The van der Waals surface area contributed by atoms with Crippen LogP contribution in [-0.2, 0) is 11.2 Å². The Morgan fingerprint density at radius 3 is 1.90 bits per heavy atom. The summed E-state index contributed by atoms with van der Waals surface area (Å²) >= 11 is 0.